The van der Waals surface area contributed by atoms with Crippen LogP contribution in [-0.4, -0.2) is 39.5 Å². The number of anilines is 1. The number of aliphatic hydroxyl groups is 1. The Kier molecular flexibility index (Phi) is 6.03. The lowest BCUT2D eigenvalue weighted by Gasteiger charge is -2.17. The lowest BCUT2D eigenvalue weighted by Crippen LogP contribution is -2.38. The summed E-state index contributed by atoms with van der Waals surface area (Å²) in [7, 11) is 0. The molecule has 1 aromatic carbocycles. The zero-order valence-electron chi connectivity index (χ0n) is 15.0. The van der Waals surface area contributed by atoms with E-state index in [0.717, 1.165) is 11.3 Å². The summed E-state index contributed by atoms with van der Waals surface area (Å²) in [6, 6.07) is 9.59. The van der Waals surface area contributed by atoms with Crippen LogP contribution in [0, 0.1) is 6.92 Å². The minimum Gasteiger partial charge on any atom is -0.476 e. The molecule has 0 fully saturated rings. The van der Waals surface area contributed by atoms with Crippen molar-refractivity contribution in [3.63, 3.8) is 0 Å². The highest BCUT2D eigenvalue weighted by Gasteiger charge is 2.15. The van der Waals surface area contributed by atoms with E-state index in [0.29, 0.717) is 31.1 Å². The van der Waals surface area contributed by atoms with Gasteiger partial charge in [-0.15, -0.1) is 5.10 Å². The first-order chi connectivity index (χ1) is 11.8. The van der Waals surface area contributed by atoms with Gasteiger partial charge in [0.2, 0.25) is 11.8 Å². The molecule has 136 valence electrons. The van der Waals surface area contributed by atoms with Gasteiger partial charge in [0.25, 0.3) is 0 Å². The van der Waals surface area contributed by atoms with Crippen LogP contribution in [0.2, 0.25) is 0 Å². The van der Waals surface area contributed by atoms with Crippen LogP contribution in [0.15, 0.2) is 30.3 Å². The normalized spacial score (nSPS) is 11.4. The maximum absolute atomic E-state index is 11.7. The first kappa shape index (κ1) is 18.8. The van der Waals surface area contributed by atoms with Crippen LogP contribution < -0.4 is 15.8 Å². The summed E-state index contributed by atoms with van der Waals surface area (Å²) in [5.41, 5.74) is 6.83. The van der Waals surface area contributed by atoms with E-state index in [1.165, 1.54) is 0 Å². The third kappa shape index (κ3) is 5.49. The Morgan fingerprint density at radius 3 is 2.68 bits per heavy atom. The molecule has 0 unspecified atom stereocenters. The fraction of sp³-hybridized carbons (Fsp3) is 0.444. The van der Waals surface area contributed by atoms with Gasteiger partial charge in [0.15, 0.2) is 0 Å². The lowest BCUT2D eigenvalue weighted by atomic mass is 10.1. The average Bonchev–Trinajstić information content (AvgIpc) is 2.85. The Morgan fingerprint density at radius 1 is 1.36 bits per heavy atom. The van der Waals surface area contributed by atoms with E-state index in [4.69, 9.17) is 10.5 Å². The Hall–Kier alpha value is -2.54. The highest BCUT2D eigenvalue weighted by atomic mass is 16.5. The smallest absolute Gasteiger partial charge is 0.238 e. The number of nitrogens with two attached hydrogens (primary N) is 1. The molecule has 0 aliphatic heterocycles. The van der Waals surface area contributed by atoms with Gasteiger partial charge >= 0.3 is 0 Å². The Bertz CT molecular complexity index is 705. The van der Waals surface area contributed by atoms with Crippen LogP contribution in [0.3, 0.4) is 0 Å². The number of para-hydroxylation sites is 1. The molecule has 2 aromatic rings. The zero-order valence-corrected chi connectivity index (χ0v) is 15.0. The Balaban J connectivity index is 1.85. The van der Waals surface area contributed by atoms with E-state index in [2.05, 4.69) is 10.4 Å². The van der Waals surface area contributed by atoms with Crippen molar-refractivity contribution in [3.8, 4) is 11.6 Å². The van der Waals surface area contributed by atoms with Crippen molar-refractivity contribution in [1.82, 2.24) is 15.1 Å². The monoisotopic (exact) mass is 346 g/mol. The molecule has 0 saturated carbocycles. The summed E-state index contributed by atoms with van der Waals surface area (Å²) in [6.45, 7) is 5.73. The number of hydrogen-bond donors (Lipinski definition) is 3. The van der Waals surface area contributed by atoms with Gasteiger partial charge in [-0.05, 0) is 39.3 Å². The van der Waals surface area contributed by atoms with Gasteiger partial charge in [-0.3, -0.25) is 4.79 Å². The number of nitrogens with one attached hydrogen (secondary N) is 1. The summed E-state index contributed by atoms with van der Waals surface area (Å²) in [6.07, 6.45) is 0.874. The van der Waals surface area contributed by atoms with Crippen molar-refractivity contribution in [3.05, 3.63) is 35.9 Å². The Labute approximate surface area is 147 Å². The summed E-state index contributed by atoms with van der Waals surface area (Å²) < 4.78 is 7.31. The molecule has 0 atom stereocenters. The summed E-state index contributed by atoms with van der Waals surface area (Å²) >= 11 is 0. The van der Waals surface area contributed by atoms with Crippen LogP contribution in [-0.2, 0) is 4.79 Å². The number of carbonyl (C=O) groups excluding carboxylic acids is 1. The number of nitrogens with zero attached hydrogens (tertiary/aromatic N) is 2. The fourth-order valence-electron chi connectivity index (χ4n) is 2.20. The molecule has 0 saturated heterocycles. The number of benzene rings is 1. The van der Waals surface area contributed by atoms with Gasteiger partial charge in [0.05, 0.1) is 23.5 Å². The van der Waals surface area contributed by atoms with E-state index >= 15 is 0 Å². The molecule has 4 N–H and O–H groups in total. The molecular formula is C18H26N4O3. The number of amides is 1. The minimum absolute atomic E-state index is 0.114. The second kappa shape index (κ2) is 8.02. The predicted molar refractivity (Wildman–Crippen MR) is 96.7 cm³/mol. The van der Waals surface area contributed by atoms with Crippen molar-refractivity contribution in [2.45, 2.75) is 39.2 Å². The quantitative estimate of drug-likeness (QED) is 0.633. The molecule has 7 nitrogen and oxygen atoms in total. The van der Waals surface area contributed by atoms with E-state index in [-0.39, 0.29) is 12.5 Å². The van der Waals surface area contributed by atoms with Crippen molar-refractivity contribution in [2.24, 2.45) is 0 Å². The van der Waals surface area contributed by atoms with Gasteiger partial charge < -0.3 is 20.9 Å². The van der Waals surface area contributed by atoms with E-state index in [9.17, 15) is 9.90 Å². The van der Waals surface area contributed by atoms with Crippen LogP contribution in [0.5, 0.6) is 5.88 Å². The largest absolute Gasteiger partial charge is 0.476 e. The van der Waals surface area contributed by atoms with E-state index in [1.54, 1.807) is 18.5 Å². The molecule has 0 radical (unpaired) electrons. The van der Waals surface area contributed by atoms with Gasteiger partial charge in [0, 0.05) is 13.0 Å². The number of rotatable bonds is 8. The molecule has 0 spiro atoms. The molecule has 7 heteroatoms. The summed E-state index contributed by atoms with van der Waals surface area (Å²) in [4.78, 5) is 11.7. The highest BCUT2D eigenvalue weighted by molar-refractivity contribution is 5.75. The first-order valence-electron chi connectivity index (χ1n) is 8.30. The standard InChI is InChI=1S/C18H26N4O3/c1-13-16(19)22(14-8-5-4-6-9-14)21-17(13)25-11-7-10-15(23)20-12-18(2,3)24/h4-6,8-9,24H,7,10-12,19H2,1-3H3,(H,20,23). The van der Waals surface area contributed by atoms with Gasteiger partial charge in [-0.2, -0.15) is 0 Å². The fourth-order valence-corrected chi connectivity index (χ4v) is 2.20. The number of hydrogen-bond acceptors (Lipinski definition) is 5. The minimum atomic E-state index is -0.912. The lowest BCUT2D eigenvalue weighted by molar-refractivity contribution is -0.122. The molecule has 25 heavy (non-hydrogen) atoms. The first-order valence-corrected chi connectivity index (χ1v) is 8.30. The number of nitrogen functional groups attached to an aromatic ring is 1. The van der Waals surface area contributed by atoms with Crippen molar-refractivity contribution < 1.29 is 14.6 Å². The molecule has 0 aliphatic carbocycles. The van der Waals surface area contributed by atoms with Crippen LogP contribution in [0.25, 0.3) is 5.69 Å². The Morgan fingerprint density at radius 2 is 2.04 bits per heavy atom. The third-order valence-electron chi connectivity index (χ3n) is 3.63. The second-order valence-corrected chi connectivity index (χ2v) is 6.60. The topological polar surface area (TPSA) is 102 Å². The predicted octanol–water partition coefficient (Wildman–Crippen LogP) is 1.81. The molecule has 0 aliphatic rings. The zero-order chi connectivity index (χ0) is 18.4. The maximum Gasteiger partial charge on any atom is 0.238 e. The number of carbonyl (C=O) groups is 1. The molecule has 1 amide bonds. The maximum atomic E-state index is 11.7. The number of ether oxygens (including phenoxy) is 1. The third-order valence-corrected chi connectivity index (χ3v) is 3.63. The van der Waals surface area contributed by atoms with Gasteiger partial charge in [-0.25, -0.2) is 4.68 Å². The SMILES string of the molecule is Cc1c(OCCCC(=O)NCC(C)(C)O)nn(-c2ccccc2)c1N. The van der Waals surface area contributed by atoms with E-state index in [1.807, 2.05) is 37.3 Å². The highest BCUT2D eigenvalue weighted by Crippen LogP contribution is 2.25. The molecular weight excluding hydrogens is 320 g/mol. The van der Waals surface area contributed by atoms with Crippen LogP contribution >= 0.6 is 0 Å². The van der Waals surface area contributed by atoms with Gasteiger partial charge in [0.1, 0.15) is 5.82 Å². The van der Waals surface area contributed by atoms with Crippen LogP contribution in [0.4, 0.5) is 5.82 Å². The number of aromatic nitrogens is 2. The van der Waals surface area contributed by atoms with Crippen molar-refractivity contribution >= 4 is 11.7 Å². The van der Waals surface area contributed by atoms with Crippen molar-refractivity contribution in [1.29, 1.82) is 0 Å². The summed E-state index contributed by atoms with van der Waals surface area (Å²) in [5, 5.41) is 16.7. The molecule has 1 aromatic heterocycles. The second-order valence-electron chi connectivity index (χ2n) is 6.60. The molecule has 0 bridgehead atoms. The van der Waals surface area contributed by atoms with Crippen molar-refractivity contribution in [2.75, 3.05) is 18.9 Å². The van der Waals surface area contributed by atoms with E-state index < -0.39 is 5.60 Å². The average molecular weight is 346 g/mol. The summed E-state index contributed by atoms with van der Waals surface area (Å²) in [5.74, 6) is 0.888. The van der Waals surface area contributed by atoms with Gasteiger partial charge in [-0.1, -0.05) is 18.2 Å². The molecule has 1 heterocycles. The van der Waals surface area contributed by atoms with Crippen LogP contribution in [0.1, 0.15) is 32.3 Å². The molecule has 2 rings (SSSR count).